The van der Waals surface area contributed by atoms with Gasteiger partial charge in [-0.15, -0.1) is 0 Å². The second kappa shape index (κ2) is 9.90. The molecule has 0 aromatic heterocycles. The first-order valence-corrected chi connectivity index (χ1v) is 11.3. The van der Waals surface area contributed by atoms with Crippen molar-refractivity contribution in [2.75, 3.05) is 6.61 Å². The molecule has 1 N–H and O–H groups in total. The van der Waals surface area contributed by atoms with Gasteiger partial charge in [-0.05, 0) is 56.0 Å². The lowest BCUT2D eigenvalue weighted by Crippen LogP contribution is -2.57. The molecule has 4 amide bonds. The van der Waals surface area contributed by atoms with Crippen molar-refractivity contribution in [1.82, 2.24) is 10.2 Å². The number of carbonyl (C=O) groups excluding carboxylic acids is 3. The molecule has 0 spiro atoms. The molecule has 1 aliphatic carbocycles. The molecule has 7 heteroatoms. The van der Waals surface area contributed by atoms with Gasteiger partial charge in [-0.1, -0.05) is 48.7 Å². The van der Waals surface area contributed by atoms with Crippen molar-refractivity contribution in [1.29, 1.82) is 0 Å². The van der Waals surface area contributed by atoms with Crippen molar-refractivity contribution in [3.63, 3.8) is 0 Å². The molecule has 1 aliphatic heterocycles. The summed E-state index contributed by atoms with van der Waals surface area (Å²) < 4.78 is 11.7. The number of imide groups is 2. The second-order valence-electron chi connectivity index (χ2n) is 8.34. The number of hydrogen-bond donors (Lipinski definition) is 1. The van der Waals surface area contributed by atoms with Crippen molar-refractivity contribution in [2.45, 2.75) is 52.2 Å². The third-order valence-electron chi connectivity index (χ3n) is 5.92. The second-order valence-corrected chi connectivity index (χ2v) is 8.34. The number of ether oxygens (including phenoxy) is 2. The first-order chi connectivity index (χ1) is 16.0. The quantitative estimate of drug-likeness (QED) is 0.502. The Hall–Kier alpha value is -3.61. The van der Waals surface area contributed by atoms with Gasteiger partial charge in [0.25, 0.3) is 11.8 Å². The van der Waals surface area contributed by atoms with Gasteiger partial charge >= 0.3 is 6.03 Å². The summed E-state index contributed by atoms with van der Waals surface area (Å²) >= 11 is 0. The minimum Gasteiger partial charge on any atom is -0.490 e. The van der Waals surface area contributed by atoms with Gasteiger partial charge in [-0.2, -0.15) is 0 Å². The Balaban J connectivity index is 1.56. The molecule has 2 aromatic rings. The number of amides is 4. The third kappa shape index (κ3) is 5.08. The van der Waals surface area contributed by atoms with E-state index in [-0.39, 0.29) is 11.6 Å². The van der Waals surface area contributed by atoms with Crippen molar-refractivity contribution in [3.05, 3.63) is 64.7 Å². The van der Waals surface area contributed by atoms with Crippen LogP contribution < -0.4 is 14.8 Å². The number of rotatable bonds is 7. The van der Waals surface area contributed by atoms with Gasteiger partial charge in [0.1, 0.15) is 12.2 Å². The molecule has 2 fully saturated rings. The fourth-order valence-electron chi connectivity index (χ4n) is 4.18. The van der Waals surface area contributed by atoms with E-state index in [9.17, 15) is 14.4 Å². The van der Waals surface area contributed by atoms with Gasteiger partial charge in [0.15, 0.2) is 11.5 Å². The summed E-state index contributed by atoms with van der Waals surface area (Å²) in [5.41, 5.74) is 2.77. The molecule has 0 atom stereocenters. The Morgan fingerprint density at radius 1 is 1.00 bits per heavy atom. The Morgan fingerprint density at radius 2 is 1.73 bits per heavy atom. The number of benzene rings is 2. The Kier molecular flexibility index (Phi) is 6.77. The monoisotopic (exact) mass is 448 g/mol. The highest BCUT2D eigenvalue weighted by Crippen LogP contribution is 2.31. The van der Waals surface area contributed by atoms with E-state index in [2.05, 4.69) is 5.32 Å². The SMILES string of the molecule is CCOc1cc(/C=C2\C(=O)NC(=O)N(C3CCCC3)C2=O)ccc1OCc1ccc(C)cc1. The van der Waals surface area contributed by atoms with Gasteiger partial charge in [0, 0.05) is 6.04 Å². The molecule has 1 saturated heterocycles. The summed E-state index contributed by atoms with van der Waals surface area (Å²) in [6.45, 7) is 4.73. The molecule has 2 aliphatic rings. The first kappa shape index (κ1) is 22.6. The molecule has 33 heavy (non-hydrogen) atoms. The average Bonchev–Trinajstić information content (AvgIpc) is 3.31. The van der Waals surface area contributed by atoms with Crippen LogP contribution in [0.15, 0.2) is 48.0 Å². The topological polar surface area (TPSA) is 84.9 Å². The lowest BCUT2D eigenvalue weighted by molar-refractivity contribution is -0.131. The van der Waals surface area contributed by atoms with Crippen LogP contribution in [0, 0.1) is 6.92 Å². The van der Waals surface area contributed by atoms with Crippen LogP contribution in [-0.2, 0) is 16.2 Å². The lowest BCUT2D eigenvalue weighted by atomic mass is 10.0. The molecule has 0 unspecified atom stereocenters. The molecule has 2 aromatic carbocycles. The number of nitrogens with one attached hydrogen (secondary N) is 1. The molecular formula is C26H28N2O5. The van der Waals surface area contributed by atoms with Crippen LogP contribution in [0.4, 0.5) is 4.79 Å². The van der Waals surface area contributed by atoms with E-state index in [1.54, 1.807) is 18.2 Å². The highest BCUT2D eigenvalue weighted by molar-refractivity contribution is 6.31. The van der Waals surface area contributed by atoms with Crippen molar-refractivity contribution < 1.29 is 23.9 Å². The minimum atomic E-state index is -0.683. The van der Waals surface area contributed by atoms with E-state index < -0.39 is 17.8 Å². The average molecular weight is 449 g/mol. The Morgan fingerprint density at radius 3 is 2.42 bits per heavy atom. The standard InChI is InChI=1S/C26H28N2O5/c1-3-32-23-15-19(12-13-22(23)33-16-18-10-8-17(2)9-11-18)14-21-24(29)27-26(31)28(25(21)30)20-6-4-5-7-20/h8-15,20H,3-7,16H2,1-2H3,(H,27,29,31)/b21-14+. The van der Waals surface area contributed by atoms with Gasteiger partial charge in [0.05, 0.1) is 6.61 Å². The van der Waals surface area contributed by atoms with Crippen LogP contribution in [0.1, 0.15) is 49.3 Å². The van der Waals surface area contributed by atoms with Crippen molar-refractivity contribution >= 4 is 23.9 Å². The molecule has 0 radical (unpaired) electrons. The maximum atomic E-state index is 13.0. The van der Waals surface area contributed by atoms with E-state index in [0.717, 1.165) is 31.2 Å². The predicted molar refractivity (Wildman–Crippen MR) is 124 cm³/mol. The van der Waals surface area contributed by atoms with E-state index in [4.69, 9.17) is 9.47 Å². The smallest absolute Gasteiger partial charge is 0.331 e. The maximum absolute atomic E-state index is 13.0. The predicted octanol–water partition coefficient (Wildman–Crippen LogP) is 4.38. The molecule has 4 rings (SSSR count). The zero-order valence-corrected chi connectivity index (χ0v) is 18.9. The highest BCUT2D eigenvalue weighted by Gasteiger charge is 2.40. The van der Waals surface area contributed by atoms with E-state index in [1.165, 1.54) is 16.5 Å². The summed E-state index contributed by atoms with van der Waals surface area (Å²) in [5, 5.41) is 2.30. The summed E-state index contributed by atoms with van der Waals surface area (Å²) in [4.78, 5) is 39.0. The summed E-state index contributed by atoms with van der Waals surface area (Å²) in [7, 11) is 0. The van der Waals surface area contributed by atoms with Crippen LogP contribution in [0.25, 0.3) is 6.08 Å². The number of aryl methyl sites for hydroxylation is 1. The molecule has 1 saturated carbocycles. The van der Waals surface area contributed by atoms with Crippen LogP contribution in [-0.4, -0.2) is 35.4 Å². The third-order valence-corrected chi connectivity index (χ3v) is 5.92. The van der Waals surface area contributed by atoms with Crippen LogP contribution >= 0.6 is 0 Å². The Labute approximate surface area is 193 Å². The highest BCUT2D eigenvalue weighted by atomic mass is 16.5. The number of barbiturate groups is 1. The zero-order chi connectivity index (χ0) is 23.4. The van der Waals surface area contributed by atoms with Crippen LogP contribution in [0.5, 0.6) is 11.5 Å². The van der Waals surface area contributed by atoms with Gasteiger partial charge in [-0.3, -0.25) is 19.8 Å². The molecule has 7 nitrogen and oxygen atoms in total. The van der Waals surface area contributed by atoms with Crippen LogP contribution in [0.2, 0.25) is 0 Å². The fourth-order valence-corrected chi connectivity index (χ4v) is 4.18. The zero-order valence-electron chi connectivity index (χ0n) is 18.9. The summed E-state index contributed by atoms with van der Waals surface area (Å²) in [6.07, 6.45) is 4.97. The Bertz CT molecular complexity index is 1080. The largest absolute Gasteiger partial charge is 0.490 e. The van der Waals surface area contributed by atoms with E-state index in [0.29, 0.717) is 30.3 Å². The van der Waals surface area contributed by atoms with Gasteiger partial charge in [-0.25, -0.2) is 4.79 Å². The molecule has 172 valence electrons. The lowest BCUT2D eigenvalue weighted by Gasteiger charge is -2.31. The maximum Gasteiger partial charge on any atom is 0.331 e. The van der Waals surface area contributed by atoms with Crippen LogP contribution in [0.3, 0.4) is 0 Å². The van der Waals surface area contributed by atoms with E-state index in [1.807, 2.05) is 38.1 Å². The molecule has 1 heterocycles. The first-order valence-electron chi connectivity index (χ1n) is 11.3. The number of carbonyl (C=O) groups is 3. The number of urea groups is 1. The van der Waals surface area contributed by atoms with Gasteiger partial charge < -0.3 is 9.47 Å². The summed E-state index contributed by atoms with van der Waals surface area (Å²) in [5.74, 6) is -0.140. The fraction of sp³-hybridized carbons (Fsp3) is 0.346. The van der Waals surface area contributed by atoms with Gasteiger partial charge in [0.2, 0.25) is 0 Å². The molecular weight excluding hydrogens is 420 g/mol. The van der Waals surface area contributed by atoms with E-state index >= 15 is 0 Å². The normalized spacial score (nSPS) is 18.1. The summed E-state index contributed by atoms with van der Waals surface area (Å²) in [6, 6.07) is 12.5. The number of nitrogens with zero attached hydrogens (tertiary/aromatic N) is 1. The van der Waals surface area contributed by atoms with Crippen molar-refractivity contribution in [3.8, 4) is 11.5 Å². The minimum absolute atomic E-state index is 0.0581. The number of hydrogen-bond acceptors (Lipinski definition) is 5. The van der Waals surface area contributed by atoms with Crippen molar-refractivity contribution in [2.24, 2.45) is 0 Å². The molecule has 0 bridgehead atoms.